The van der Waals surface area contributed by atoms with E-state index in [1.54, 1.807) is 11.3 Å². The lowest BCUT2D eigenvalue weighted by atomic mass is 9.98. The number of halogens is 3. The van der Waals surface area contributed by atoms with Gasteiger partial charge in [0.1, 0.15) is 0 Å². The van der Waals surface area contributed by atoms with Gasteiger partial charge in [0, 0.05) is 22.2 Å². The molecule has 0 saturated carbocycles. The summed E-state index contributed by atoms with van der Waals surface area (Å²) in [4.78, 5) is 2.25. The molecule has 0 amide bonds. The van der Waals surface area contributed by atoms with Crippen LogP contribution in [0.1, 0.15) is 47.0 Å². The van der Waals surface area contributed by atoms with E-state index >= 15 is 0 Å². The first-order valence-electron chi connectivity index (χ1n) is 5.89. The van der Waals surface area contributed by atoms with Crippen LogP contribution in [0.4, 0.5) is 13.2 Å². The SMILES string of the molecule is NC(CCC(F)(F)F)c1cc2c(s1)CCCC2. The highest BCUT2D eigenvalue weighted by Gasteiger charge is 2.28. The first kappa shape index (κ1) is 12.9. The Hall–Kier alpha value is -0.550. The van der Waals surface area contributed by atoms with Gasteiger partial charge in [-0.3, -0.25) is 0 Å². The van der Waals surface area contributed by atoms with Crippen molar-refractivity contribution < 1.29 is 13.2 Å². The second-order valence-corrected chi connectivity index (χ2v) is 5.73. The summed E-state index contributed by atoms with van der Waals surface area (Å²) in [5, 5.41) is 0. The molecular formula is C12H16F3NS. The van der Waals surface area contributed by atoms with Gasteiger partial charge in [-0.15, -0.1) is 11.3 Å². The standard InChI is InChI=1S/C12H16F3NS/c13-12(14,15)6-5-9(16)11-7-8-3-1-2-4-10(8)17-11/h7,9H,1-6,16H2. The van der Waals surface area contributed by atoms with Crippen molar-refractivity contribution in [1.82, 2.24) is 0 Å². The third-order valence-electron chi connectivity index (χ3n) is 3.12. The van der Waals surface area contributed by atoms with Gasteiger partial charge in [-0.2, -0.15) is 13.2 Å². The number of rotatable bonds is 3. The van der Waals surface area contributed by atoms with Gasteiger partial charge in [-0.05, 0) is 43.7 Å². The van der Waals surface area contributed by atoms with Gasteiger partial charge in [0.2, 0.25) is 0 Å². The molecular weight excluding hydrogens is 247 g/mol. The molecule has 0 saturated heterocycles. The van der Waals surface area contributed by atoms with E-state index < -0.39 is 18.6 Å². The maximum Gasteiger partial charge on any atom is 0.389 e. The minimum atomic E-state index is -4.10. The lowest BCUT2D eigenvalue weighted by Gasteiger charge is -2.11. The third kappa shape index (κ3) is 3.45. The van der Waals surface area contributed by atoms with E-state index in [9.17, 15) is 13.2 Å². The van der Waals surface area contributed by atoms with Crippen LogP contribution in [0.2, 0.25) is 0 Å². The molecule has 0 radical (unpaired) electrons. The molecule has 5 heteroatoms. The van der Waals surface area contributed by atoms with Crippen LogP contribution in [0.15, 0.2) is 6.07 Å². The van der Waals surface area contributed by atoms with Crippen LogP contribution in [0.3, 0.4) is 0 Å². The third-order valence-corrected chi connectivity index (χ3v) is 4.49. The molecule has 1 unspecified atom stereocenters. The summed E-state index contributed by atoms with van der Waals surface area (Å²) in [6.07, 6.45) is -0.427. The first-order chi connectivity index (χ1) is 7.96. The second kappa shape index (κ2) is 4.98. The number of hydrogen-bond donors (Lipinski definition) is 1. The number of alkyl halides is 3. The molecule has 0 aromatic carbocycles. The van der Waals surface area contributed by atoms with E-state index in [0.29, 0.717) is 0 Å². The van der Waals surface area contributed by atoms with Crippen LogP contribution < -0.4 is 5.73 Å². The molecule has 0 fully saturated rings. The maximum atomic E-state index is 12.1. The largest absolute Gasteiger partial charge is 0.389 e. The summed E-state index contributed by atoms with van der Waals surface area (Å²) in [5.41, 5.74) is 7.13. The van der Waals surface area contributed by atoms with E-state index in [-0.39, 0.29) is 6.42 Å². The lowest BCUT2D eigenvalue weighted by Crippen LogP contribution is -2.14. The Bertz CT molecular complexity index is 360. The Kier molecular flexibility index (Phi) is 3.78. The van der Waals surface area contributed by atoms with Crippen LogP contribution >= 0.6 is 11.3 Å². The maximum absolute atomic E-state index is 12.1. The zero-order valence-corrected chi connectivity index (χ0v) is 10.3. The van der Waals surface area contributed by atoms with Gasteiger partial charge in [0.15, 0.2) is 0 Å². The fourth-order valence-corrected chi connectivity index (χ4v) is 3.45. The zero-order valence-electron chi connectivity index (χ0n) is 9.52. The summed E-state index contributed by atoms with van der Waals surface area (Å²) in [5.74, 6) is 0. The Morgan fingerprint density at radius 2 is 2.00 bits per heavy atom. The molecule has 0 bridgehead atoms. The summed E-state index contributed by atoms with van der Waals surface area (Å²) >= 11 is 1.60. The quantitative estimate of drug-likeness (QED) is 0.877. The van der Waals surface area contributed by atoms with Crippen LogP contribution in [0.5, 0.6) is 0 Å². The summed E-state index contributed by atoms with van der Waals surface area (Å²) in [6, 6.07) is 1.55. The highest BCUT2D eigenvalue weighted by Crippen LogP contribution is 2.34. The fourth-order valence-electron chi connectivity index (χ4n) is 2.16. The van der Waals surface area contributed by atoms with Gasteiger partial charge >= 0.3 is 6.18 Å². The molecule has 0 aliphatic heterocycles. The van der Waals surface area contributed by atoms with Gasteiger partial charge < -0.3 is 5.73 Å². The monoisotopic (exact) mass is 263 g/mol. The van der Waals surface area contributed by atoms with Gasteiger partial charge in [0.25, 0.3) is 0 Å². The van der Waals surface area contributed by atoms with Crippen LogP contribution in [0.25, 0.3) is 0 Å². The predicted molar refractivity (Wildman–Crippen MR) is 63.2 cm³/mol. The van der Waals surface area contributed by atoms with Crippen molar-refractivity contribution in [2.75, 3.05) is 0 Å². The Morgan fingerprint density at radius 1 is 1.29 bits per heavy atom. The van der Waals surface area contributed by atoms with Crippen molar-refractivity contribution in [1.29, 1.82) is 0 Å². The lowest BCUT2D eigenvalue weighted by molar-refractivity contribution is -0.136. The number of nitrogens with two attached hydrogens (primary N) is 1. The predicted octanol–water partition coefficient (Wildman–Crippen LogP) is 3.97. The average molecular weight is 263 g/mol. The molecule has 0 spiro atoms. The summed E-state index contributed by atoms with van der Waals surface area (Å²) < 4.78 is 36.3. The second-order valence-electron chi connectivity index (χ2n) is 4.56. The Balaban J connectivity index is 1.99. The number of thiophene rings is 1. The molecule has 17 heavy (non-hydrogen) atoms. The molecule has 1 nitrogen and oxygen atoms in total. The topological polar surface area (TPSA) is 26.0 Å². The molecule has 1 heterocycles. The molecule has 1 aromatic heterocycles. The molecule has 96 valence electrons. The van der Waals surface area contributed by atoms with Crippen LogP contribution in [-0.2, 0) is 12.8 Å². The average Bonchev–Trinajstić information content (AvgIpc) is 2.68. The van der Waals surface area contributed by atoms with Crippen molar-refractivity contribution in [3.8, 4) is 0 Å². The first-order valence-corrected chi connectivity index (χ1v) is 6.71. The molecule has 1 atom stereocenters. The van der Waals surface area contributed by atoms with Crippen molar-refractivity contribution in [2.45, 2.75) is 50.7 Å². The van der Waals surface area contributed by atoms with Crippen molar-refractivity contribution in [2.24, 2.45) is 5.73 Å². The van der Waals surface area contributed by atoms with Crippen LogP contribution in [0, 0.1) is 0 Å². The summed E-state index contributed by atoms with van der Waals surface area (Å²) in [7, 11) is 0. The van der Waals surface area contributed by atoms with E-state index in [1.807, 2.05) is 6.07 Å². The van der Waals surface area contributed by atoms with Gasteiger partial charge in [0.05, 0.1) is 0 Å². The minimum Gasteiger partial charge on any atom is -0.323 e. The van der Waals surface area contributed by atoms with E-state index in [0.717, 1.165) is 17.7 Å². The highest BCUT2D eigenvalue weighted by molar-refractivity contribution is 7.12. The van der Waals surface area contributed by atoms with E-state index in [2.05, 4.69) is 0 Å². The Labute approximate surface area is 103 Å². The summed E-state index contributed by atoms with van der Waals surface area (Å²) in [6.45, 7) is 0. The van der Waals surface area contributed by atoms with Gasteiger partial charge in [-0.1, -0.05) is 0 Å². The van der Waals surface area contributed by atoms with Crippen molar-refractivity contribution in [3.63, 3.8) is 0 Å². The molecule has 1 aromatic rings. The molecule has 2 rings (SSSR count). The number of hydrogen-bond acceptors (Lipinski definition) is 2. The van der Waals surface area contributed by atoms with Crippen LogP contribution in [-0.4, -0.2) is 6.18 Å². The zero-order chi connectivity index (χ0) is 12.5. The number of aryl methyl sites for hydroxylation is 2. The number of fused-ring (bicyclic) bond motifs is 1. The van der Waals surface area contributed by atoms with Crippen molar-refractivity contribution >= 4 is 11.3 Å². The molecule has 1 aliphatic carbocycles. The van der Waals surface area contributed by atoms with E-state index in [4.69, 9.17) is 5.73 Å². The molecule has 1 aliphatic rings. The normalized spacial score (nSPS) is 17.9. The van der Waals surface area contributed by atoms with Gasteiger partial charge in [-0.25, -0.2) is 0 Å². The Morgan fingerprint density at radius 3 is 2.65 bits per heavy atom. The minimum absolute atomic E-state index is 0.0110. The molecule has 2 N–H and O–H groups in total. The van der Waals surface area contributed by atoms with E-state index in [1.165, 1.54) is 23.3 Å². The van der Waals surface area contributed by atoms with Crippen molar-refractivity contribution in [3.05, 3.63) is 21.4 Å². The highest BCUT2D eigenvalue weighted by atomic mass is 32.1. The fraction of sp³-hybridized carbons (Fsp3) is 0.667. The smallest absolute Gasteiger partial charge is 0.323 e.